The molecular weight excluding hydrogens is 219 g/mol. The summed E-state index contributed by atoms with van der Waals surface area (Å²) in [6.45, 7) is 0. The molecule has 4 heteroatoms. The Labute approximate surface area is 91.7 Å². The van der Waals surface area contributed by atoms with Gasteiger partial charge in [-0.3, -0.25) is 4.79 Å². The summed E-state index contributed by atoms with van der Waals surface area (Å²) in [6.07, 6.45) is 1.47. The summed E-state index contributed by atoms with van der Waals surface area (Å²) in [4.78, 5) is 10.9. The minimum atomic E-state index is -0.845. The summed E-state index contributed by atoms with van der Waals surface area (Å²) in [5.41, 5.74) is -0.353. The van der Waals surface area contributed by atoms with Crippen LogP contribution in [-0.4, -0.2) is 11.1 Å². The number of aliphatic carboxylic acids is 1. The van der Waals surface area contributed by atoms with Gasteiger partial charge in [-0.05, 0) is 30.9 Å². The molecule has 15 heavy (non-hydrogen) atoms. The number of hydrogen-bond acceptors (Lipinski definition) is 1. The van der Waals surface area contributed by atoms with Crippen LogP contribution in [0.25, 0.3) is 0 Å². The highest BCUT2D eigenvalue weighted by molar-refractivity contribution is 6.30. The molecule has 2 nitrogen and oxygen atoms in total. The maximum Gasteiger partial charge on any atom is 0.309 e. The zero-order valence-corrected chi connectivity index (χ0v) is 8.72. The third-order valence-corrected chi connectivity index (χ3v) is 3.16. The minimum Gasteiger partial charge on any atom is -0.481 e. The van der Waals surface area contributed by atoms with E-state index >= 15 is 0 Å². The van der Waals surface area contributed by atoms with Crippen molar-refractivity contribution in [1.82, 2.24) is 0 Å². The Hall–Kier alpha value is -1.09. The zero-order chi connectivity index (χ0) is 11.1. The van der Waals surface area contributed by atoms with Crippen LogP contribution in [0.3, 0.4) is 0 Å². The summed E-state index contributed by atoms with van der Waals surface area (Å²) in [5, 5.41) is 9.02. The van der Waals surface area contributed by atoms with Gasteiger partial charge in [0.05, 0.1) is 10.4 Å². The first-order valence-electron chi connectivity index (χ1n) is 4.71. The van der Waals surface area contributed by atoms with E-state index in [1.165, 1.54) is 6.07 Å². The molecule has 0 spiro atoms. The van der Waals surface area contributed by atoms with Crippen LogP contribution in [0.15, 0.2) is 18.2 Å². The minimum absolute atomic E-state index is 0.0497. The van der Waals surface area contributed by atoms with Crippen molar-refractivity contribution in [1.29, 1.82) is 0 Å². The first kappa shape index (κ1) is 10.4. The fourth-order valence-electron chi connectivity index (χ4n) is 1.67. The average Bonchev–Trinajstić information content (AvgIpc) is 2.94. The van der Waals surface area contributed by atoms with Crippen molar-refractivity contribution in [3.05, 3.63) is 34.6 Å². The van der Waals surface area contributed by atoms with Crippen molar-refractivity contribution in [3.63, 3.8) is 0 Å². The van der Waals surface area contributed by atoms with Gasteiger partial charge in [0, 0.05) is 0 Å². The number of benzene rings is 1. The lowest BCUT2D eigenvalue weighted by atomic mass is 9.96. The molecule has 1 aliphatic carbocycles. The van der Waals surface area contributed by atoms with Crippen molar-refractivity contribution in [2.75, 3.05) is 0 Å². The van der Waals surface area contributed by atoms with Gasteiger partial charge in [0.25, 0.3) is 0 Å². The normalized spacial score (nSPS) is 17.5. The van der Waals surface area contributed by atoms with Gasteiger partial charge in [-0.1, -0.05) is 23.7 Å². The lowest BCUT2D eigenvalue weighted by molar-refractivity contribution is -0.143. The van der Waals surface area contributed by atoms with Crippen molar-refractivity contribution in [3.8, 4) is 0 Å². The fourth-order valence-corrected chi connectivity index (χ4v) is 1.86. The molecule has 1 fully saturated rings. The lowest BCUT2D eigenvalue weighted by Crippen LogP contribution is -2.18. The predicted molar refractivity (Wildman–Crippen MR) is 54.4 cm³/mol. The first-order chi connectivity index (χ1) is 7.05. The van der Waals surface area contributed by atoms with E-state index in [2.05, 4.69) is 0 Å². The number of carbonyl (C=O) groups is 1. The van der Waals surface area contributed by atoms with E-state index in [1.54, 1.807) is 12.1 Å². The molecule has 0 unspecified atom stereocenters. The van der Waals surface area contributed by atoms with Gasteiger partial charge in [0.15, 0.2) is 0 Å². The lowest BCUT2D eigenvalue weighted by Gasteiger charge is -2.10. The van der Waals surface area contributed by atoms with Gasteiger partial charge < -0.3 is 5.11 Å². The van der Waals surface area contributed by atoms with Crippen LogP contribution in [0.1, 0.15) is 18.4 Å². The van der Waals surface area contributed by atoms with E-state index in [9.17, 15) is 9.18 Å². The standard InChI is InChI=1S/C11H10ClFO2/c12-8-3-1-2-7(9(8)13)6-11(4-5-11)10(14)15/h1-3H,4-6H2,(H,14,15). The highest BCUT2D eigenvalue weighted by Crippen LogP contribution is 2.49. The molecule has 1 aromatic rings. The molecular formula is C11H10ClFO2. The van der Waals surface area contributed by atoms with Gasteiger partial charge in [0.2, 0.25) is 0 Å². The zero-order valence-electron chi connectivity index (χ0n) is 7.96. The number of carboxylic acid groups (broad SMARTS) is 1. The van der Waals surface area contributed by atoms with Gasteiger partial charge in [-0.2, -0.15) is 0 Å². The van der Waals surface area contributed by atoms with Crippen molar-refractivity contribution >= 4 is 17.6 Å². The maximum atomic E-state index is 13.5. The van der Waals surface area contributed by atoms with Gasteiger partial charge in [0.1, 0.15) is 5.82 Å². The summed E-state index contributed by atoms with van der Waals surface area (Å²) in [6, 6.07) is 4.68. The molecule has 1 aliphatic rings. The van der Waals surface area contributed by atoms with Gasteiger partial charge >= 0.3 is 5.97 Å². The van der Waals surface area contributed by atoms with Gasteiger partial charge in [-0.25, -0.2) is 4.39 Å². The third-order valence-electron chi connectivity index (χ3n) is 2.87. The Kier molecular flexibility index (Phi) is 2.43. The topological polar surface area (TPSA) is 37.3 Å². The number of halogens is 2. The highest BCUT2D eigenvalue weighted by Gasteiger charge is 2.50. The quantitative estimate of drug-likeness (QED) is 0.864. The molecule has 0 atom stereocenters. The molecule has 0 heterocycles. The Morgan fingerprint density at radius 1 is 1.53 bits per heavy atom. The van der Waals surface area contributed by atoms with Crippen molar-refractivity contribution in [2.24, 2.45) is 5.41 Å². The molecule has 0 bridgehead atoms. The number of hydrogen-bond donors (Lipinski definition) is 1. The molecule has 1 N–H and O–H groups in total. The van der Waals surface area contributed by atoms with Crippen molar-refractivity contribution in [2.45, 2.75) is 19.3 Å². The largest absolute Gasteiger partial charge is 0.481 e. The molecule has 1 aromatic carbocycles. The molecule has 0 radical (unpaired) electrons. The summed E-state index contributed by atoms with van der Waals surface area (Å²) >= 11 is 5.62. The smallest absolute Gasteiger partial charge is 0.309 e. The van der Waals surface area contributed by atoms with E-state index in [1.807, 2.05) is 0 Å². The number of carboxylic acids is 1. The van der Waals surface area contributed by atoms with Crippen LogP contribution in [-0.2, 0) is 11.2 Å². The van der Waals surface area contributed by atoms with Crippen LogP contribution < -0.4 is 0 Å². The maximum absolute atomic E-state index is 13.5. The van der Waals surface area contributed by atoms with E-state index in [0.29, 0.717) is 18.4 Å². The molecule has 0 amide bonds. The Balaban J connectivity index is 2.25. The Bertz CT molecular complexity index is 413. The molecule has 0 aromatic heterocycles. The second-order valence-electron chi connectivity index (χ2n) is 3.98. The third kappa shape index (κ3) is 1.84. The van der Waals surface area contributed by atoms with E-state index in [-0.39, 0.29) is 11.4 Å². The molecule has 0 saturated heterocycles. The van der Waals surface area contributed by atoms with E-state index < -0.39 is 17.2 Å². The average molecular weight is 229 g/mol. The fraction of sp³-hybridized carbons (Fsp3) is 0.364. The molecule has 1 saturated carbocycles. The van der Waals surface area contributed by atoms with E-state index in [4.69, 9.17) is 16.7 Å². The molecule has 0 aliphatic heterocycles. The summed E-state index contributed by atoms with van der Waals surface area (Å²) in [7, 11) is 0. The van der Waals surface area contributed by atoms with Crippen LogP contribution >= 0.6 is 11.6 Å². The monoisotopic (exact) mass is 228 g/mol. The highest BCUT2D eigenvalue weighted by atomic mass is 35.5. The summed E-state index contributed by atoms with van der Waals surface area (Å²) in [5.74, 6) is -1.34. The van der Waals surface area contributed by atoms with E-state index in [0.717, 1.165) is 0 Å². The van der Waals surface area contributed by atoms with Crippen LogP contribution in [0.4, 0.5) is 4.39 Å². The Morgan fingerprint density at radius 3 is 2.73 bits per heavy atom. The van der Waals surface area contributed by atoms with Gasteiger partial charge in [-0.15, -0.1) is 0 Å². The van der Waals surface area contributed by atoms with Crippen molar-refractivity contribution < 1.29 is 14.3 Å². The predicted octanol–water partition coefficient (Wildman–Crippen LogP) is 2.89. The van der Waals surface area contributed by atoms with Crippen LogP contribution in [0.2, 0.25) is 5.02 Å². The second kappa shape index (κ2) is 3.49. The molecule has 80 valence electrons. The van der Waals surface area contributed by atoms with Crippen LogP contribution in [0.5, 0.6) is 0 Å². The number of rotatable bonds is 3. The molecule has 2 rings (SSSR count). The van der Waals surface area contributed by atoms with Crippen LogP contribution in [0, 0.1) is 11.2 Å². The first-order valence-corrected chi connectivity index (χ1v) is 5.09. The Morgan fingerprint density at radius 2 is 2.20 bits per heavy atom. The second-order valence-corrected chi connectivity index (χ2v) is 4.38. The SMILES string of the molecule is O=C(O)C1(Cc2cccc(Cl)c2F)CC1. The summed E-state index contributed by atoms with van der Waals surface area (Å²) < 4.78 is 13.5.